The molecular weight excluding hydrogens is 298 g/mol. The van der Waals surface area contributed by atoms with E-state index < -0.39 is 0 Å². The number of benzene rings is 2. The molecule has 0 saturated carbocycles. The van der Waals surface area contributed by atoms with E-state index >= 15 is 0 Å². The van der Waals surface area contributed by atoms with Crippen molar-refractivity contribution >= 4 is 29.2 Å². The van der Waals surface area contributed by atoms with Gasteiger partial charge in [0, 0.05) is 15.6 Å². The summed E-state index contributed by atoms with van der Waals surface area (Å²) in [5.74, 6) is 0. The van der Waals surface area contributed by atoms with Gasteiger partial charge < -0.3 is 4.72 Å². The largest absolute Gasteiger partial charge is 0.326 e. The van der Waals surface area contributed by atoms with Crippen molar-refractivity contribution in [3.63, 3.8) is 0 Å². The van der Waals surface area contributed by atoms with Crippen LogP contribution in [0.1, 0.15) is 37.5 Å². The van der Waals surface area contributed by atoms with Gasteiger partial charge in [-0.05, 0) is 72.2 Å². The second-order valence-corrected chi connectivity index (χ2v) is 7.60. The molecule has 0 fully saturated rings. The van der Waals surface area contributed by atoms with E-state index in [9.17, 15) is 0 Å². The Hall–Kier alpha value is -1.12. The summed E-state index contributed by atoms with van der Waals surface area (Å²) in [6.07, 6.45) is 0. The number of hydrogen-bond acceptors (Lipinski definition) is 2. The Morgan fingerprint density at radius 1 is 1.05 bits per heavy atom. The van der Waals surface area contributed by atoms with Crippen LogP contribution in [0.2, 0.25) is 5.02 Å². The van der Waals surface area contributed by atoms with Crippen LogP contribution in [-0.4, -0.2) is 0 Å². The van der Waals surface area contributed by atoms with E-state index in [1.54, 1.807) is 11.9 Å². The molecule has 21 heavy (non-hydrogen) atoms. The molecule has 0 amide bonds. The highest BCUT2D eigenvalue weighted by molar-refractivity contribution is 8.00. The van der Waals surface area contributed by atoms with Gasteiger partial charge in [-0.3, -0.25) is 0 Å². The molecular formula is C18H22ClNS. The lowest BCUT2D eigenvalue weighted by atomic mass is 9.84. The van der Waals surface area contributed by atoms with Crippen LogP contribution in [0.4, 0.5) is 5.69 Å². The third-order valence-electron chi connectivity index (χ3n) is 3.53. The van der Waals surface area contributed by atoms with Gasteiger partial charge in [0.05, 0.1) is 0 Å². The predicted octanol–water partition coefficient (Wildman–Crippen LogP) is 6.37. The van der Waals surface area contributed by atoms with Crippen LogP contribution in [0.5, 0.6) is 0 Å². The zero-order valence-electron chi connectivity index (χ0n) is 13.3. The summed E-state index contributed by atoms with van der Waals surface area (Å²) in [6.45, 7) is 10.9. The highest BCUT2D eigenvalue weighted by Gasteiger charge is 2.16. The number of halogens is 1. The molecule has 0 aromatic heterocycles. The molecule has 0 spiro atoms. The molecule has 2 aromatic carbocycles. The summed E-state index contributed by atoms with van der Waals surface area (Å²) in [4.78, 5) is 1.15. The van der Waals surface area contributed by atoms with Gasteiger partial charge in [-0.15, -0.1) is 0 Å². The lowest BCUT2D eigenvalue weighted by Gasteiger charge is -2.22. The van der Waals surface area contributed by atoms with E-state index in [4.69, 9.17) is 11.6 Å². The maximum absolute atomic E-state index is 6.15. The first-order chi connectivity index (χ1) is 9.79. The van der Waals surface area contributed by atoms with Gasteiger partial charge in [-0.2, -0.15) is 0 Å². The van der Waals surface area contributed by atoms with Crippen molar-refractivity contribution in [2.24, 2.45) is 0 Å². The molecule has 2 aromatic rings. The average Bonchev–Trinajstić information content (AvgIpc) is 2.39. The molecule has 0 heterocycles. The number of aryl methyl sites for hydroxylation is 1. The third kappa shape index (κ3) is 3.96. The highest BCUT2D eigenvalue weighted by Crippen LogP contribution is 2.31. The van der Waals surface area contributed by atoms with Gasteiger partial charge in [0.15, 0.2) is 0 Å². The van der Waals surface area contributed by atoms with Crippen molar-refractivity contribution in [3.8, 4) is 0 Å². The summed E-state index contributed by atoms with van der Waals surface area (Å²) >= 11 is 7.75. The maximum Gasteiger partial charge on any atom is 0.0446 e. The van der Waals surface area contributed by atoms with Gasteiger partial charge >= 0.3 is 0 Å². The zero-order valence-corrected chi connectivity index (χ0v) is 14.8. The molecule has 0 atom stereocenters. The smallest absolute Gasteiger partial charge is 0.0446 e. The minimum absolute atomic E-state index is 0.180. The average molecular weight is 320 g/mol. The van der Waals surface area contributed by atoms with Crippen molar-refractivity contribution in [2.75, 3.05) is 4.72 Å². The first-order valence-electron chi connectivity index (χ1n) is 7.08. The van der Waals surface area contributed by atoms with Crippen molar-refractivity contribution in [1.82, 2.24) is 0 Å². The normalized spacial score (nSPS) is 11.5. The summed E-state index contributed by atoms with van der Waals surface area (Å²) in [5.41, 5.74) is 5.11. The monoisotopic (exact) mass is 319 g/mol. The van der Waals surface area contributed by atoms with Gasteiger partial charge in [-0.25, -0.2) is 0 Å². The number of rotatable bonds is 3. The van der Waals surface area contributed by atoms with Crippen LogP contribution >= 0.6 is 23.5 Å². The van der Waals surface area contributed by atoms with Crippen molar-refractivity contribution in [1.29, 1.82) is 0 Å². The molecule has 0 saturated heterocycles. The molecule has 2 rings (SSSR count). The van der Waals surface area contributed by atoms with Gasteiger partial charge in [-0.1, -0.05) is 44.5 Å². The van der Waals surface area contributed by atoms with E-state index in [0.717, 1.165) is 21.2 Å². The Morgan fingerprint density at radius 2 is 1.76 bits per heavy atom. The highest BCUT2D eigenvalue weighted by atomic mass is 35.5. The van der Waals surface area contributed by atoms with Crippen molar-refractivity contribution < 1.29 is 0 Å². The van der Waals surface area contributed by atoms with E-state index in [1.165, 1.54) is 11.1 Å². The van der Waals surface area contributed by atoms with Crippen LogP contribution in [0.3, 0.4) is 0 Å². The van der Waals surface area contributed by atoms with Crippen molar-refractivity contribution in [3.05, 3.63) is 58.1 Å². The Balaban J connectivity index is 2.14. The van der Waals surface area contributed by atoms with Crippen LogP contribution in [-0.2, 0) is 5.41 Å². The maximum atomic E-state index is 6.15. The number of nitrogens with one attached hydrogen (secondary N) is 1. The molecule has 0 radical (unpaired) electrons. The Bertz CT molecular complexity index is 644. The first kappa shape index (κ1) is 16.3. The van der Waals surface area contributed by atoms with E-state index in [0.29, 0.717) is 0 Å². The lowest BCUT2D eigenvalue weighted by molar-refractivity contribution is 0.586. The molecule has 0 aliphatic rings. The van der Waals surface area contributed by atoms with E-state index in [1.807, 2.05) is 19.1 Å². The fourth-order valence-corrected chi connectivity index (χ4v) is 3.38. The van der Waals surface area contributed by atoms with E-state index in [2.05, 4.69) is 56.7 Å². The van der Waals surface area contributed by atoms with Crippen LogP contribution < -0.4 is 4.72 Å². The molecule has 0 bridgehead atoms. The molecule has 1 nitrogen and oxygen atoms in total. The summed E-state index contributed by atoms with van der Waals surface area (Å²) in [6, 6.07) is 12.5. The predicted molar refractivity (Wildman–Crippen MR) is 95.5 cm³/mol. The molecule has 0 unspecified atom stereocenters. The molecule has 0 aliphatic heterocycles. The molecule has 3 heteroatoms. The number of hydrogen-bond donors (Lipinski definition) is 1. The molecule has 1 N–H and O–H groups in total. The minimum Gasteiger partial charge on any atom is -0.326 e. The third-order valence-corrected chi connectivity index (χ3v) is 4.94. The van der Waals surface area contributed by atoms with E-state index in [-0.39, 0.29) is 5.41 Å². The van der Waals surface area contributed by atoms with Crippen LogP contribution in [0.15, 0.2) is 41.3 Å². The van der Waals surface area contributed by atoms with Gasteiger partial charge in [0.25, 0.3) is 0 Å². The number of anilines is 1. The quantitative estimate of drug-likeness (QED) is 0.659. The Kier molecular flexibility index (Phi) is 4.90. The van der Waals surface area contributed by atoms with Gasteiger partial charge in [0.2, 0.25) is 0 Å². The topological polar surface area (TPSA) is 12.0 Å². The summed E-state index contributed by atoms with van der Waals surface area (Å²) < 4.78 is 3.41. The molecule has 112 valence electrons. The van der Waals surface area contributed by atoms with Gasteiger partial charge in [0.1, 0.15) is 0 Å². The standard InChI is InChI=1S/C18H22ClNS/c1-12-11-14(9-10-15(12)18(3,4)5)20-21-17-8-6-7-16(19)13(17)2/h6-11,20H,1-5H3. The van der Waals surface area contributed by atoms with Crippen LogP contribution in [0.25, 0.3) is 0 Å². The molecule has 0 aliphatic carbocycles. The fraction of sp³-hybridized carbons (Fsp3) is 0.333. The SMILES string of the molecule is Cc1cc(NSc2cccc(Cl)c2C)ccc1C(C)(C)C. The summed E-state index contributed by atoms with van der Waals surface area (Å²) in [5, 5.41) is 0.807. The lowest BCUT2D eigenvalue weighted by Crippen LogP contribution is -2.12. The first-order valence-corrected chi connectivity index (χ1v) is 8.27. The fourth-order valence-electron chi connectivity index (χ4n) is 2.38. The minimum atomic E-state index is 0.180. The second kappa shape index (κ2) is 6.33. The summed E-state index contributed by atoms with van der Waals surface area (Å²) in [7, 11) is 0. The zero-order chi connectivity index (χ0) is 15.6. The van der Waals surface area contributed by atoms with Crippen molar-refractivity contribution in [2.45, 2.75) is 44.9 Å². The van der Waals surface area contributed by atoms with Crippen LogP contribution in [0, 0.1) is 13.8 Å². The second-order valence-electron chi connectivity index (χ2n) is 6.35. The Morgan fingerprint density at radius 3 is 2.38 bits per heavy atom. The Labute approximate surface area is 137 Å².